The Morgan fingerprint density at radius 2 is 1.69 bits per heavy atom. The van der Waals surface area contributed by atoms with Crippen LogP contribution in [-0.4, -0.2) is 47.3 Å². The zero-order valence-electron chi connectivity index (χ0n) is 14.8. The van der Waals surface area contributed by atoms with Crippen LogP contribution in [-0.2, 0) is 4.79 Å². The highest BCUT2D eigenvalue weighted by atomic mass is 16.3. The van der Waals surface area contributed by atoms with Crippen LogP contribution in [0.15, 0.2) is 53.1 Å². The lowest BCUT2D eigenvalue weighted by atomic mass is 9.89. The second-order valence-electron chi connectivity index (χ2n) is 7.14. The molecule has 5 nitrogen and oxygen atoms in total. The van der Waals surface area contributed by atoms with Gasteiger partial charge in [0.15, 0.2) is 5.76 Å². The van der Waals surface area contributed by atoms with Gasteiger partial charge in [-0.15, -0.1) is 0 Å². The average molecular weight is 352 g/mol. The summed E-state index contributed by atoms with van der Waals surface area (Å²) in [5.74, 6) is 0.746. The van der Waals surface area contributed by atoms with Crippen molar-refractivity contribution in [1.29, 1.82) is 0 Å². The van der Waals surface area contributed by atoms with Crippen molar-refractivity contribution in [3.63, 3.8) is 0 Å². The van der Waals surface area contributed by atoms with Crippen LogP contribution in [0.2, 0.25) is 0 Å². The molecule has 136 valence electrons. The molecule has 2 amide bonds. The van der Waals surface area contributed by atoms with Gasteiger partial charge in [0.25, 0.3) is 5.91 Å². The summed E-state index contributed by atoms with van der Waals surface area (Å²) < 4.78 is 5.23. The molecule has 2 aromatic rings. The van der Waals surface area contributed by atoms with E-state index in [1.54, 1.807) is 17.0 Å². The van der Waals surface area contributed by atoms with E-state index in [2.05, 4.69) is 24.3 Å². The molecule has 2 aliphatic rings. The molecular weight excluding hydrogens is 328 g/mol. The van der Waals surface area contributed by atoms with Crippen LogP contribution in [0.3, 0.4) is 0 Å². The standard InChI is InChI=1S/C21H24N2O3/c24-20(18-8-4-12-23(18)21(25)19-9-5-15-26-19)22-13-10-17(11-14-22)16-6-2-1-3-7-16/h1-3,5-7,9,15,17-18H,4,8,10-14H2. The second-order valence-corrected chi connectivity index (χ2v) is 7.14. The van der Waals surface area contributed by atoms with Crippen molar-refractivity contribution in [3.8, 4) is 0 Å². The number of carbonyl (C=O) groups is 2. The first-order valence-corrected chi connectivity index (χ1v) is 9.42. The van der Waals surface area contributed by atoms with Gasteiger partial charge in [0.05, 0.1) is 6.26 Å². The van der Waals surface area contributed by atoms with E-state index in [9.17, 15) is 9.59 Å². The fraction of sp³-hybridized carbons (Fsp3) is 0.429. The van der Waals surface area contributed by atoms with Gasteiger partial charge in [0, 0.05) is 19.6 Å². The van der Waals surface area contributed by atoms with Gasteiger partial charge in [0.1, 0.15) is 6.04 Å². The van der Waals surface area contributed by atoms with Crippen LogP contribution in [0, 0.1) is 0 Å². The van der Waals surface area contributed by atoms with E-state index in [0.29, 0.717) is 18.2 Å². The lowest BCUT2D eigenvalue weighted by molar-refractivity contribution is -0.136. The zero-order chi connectivity index (χ0) is 17.9. The number of benzene rings is 1. The number of hydrogen-bond acceptors (Lipinski definition) is 3. The average Bonchev–Trinajstić information content (AvgIpc) is 3.40. The van der Waals surface area contributed by atoms with Crippen molar-refractivity contribution in [2.75, 3.05) is 19.6 Å². The molecule has 0 radical (unpaired) electrons. The van der Waals surface area contributed by atoms with Gasteiger partial charge in [-0.1, -0.05) is 30.3 Å². The van der Waals surface area contributed by atoms with Gasteiger partial charge in [-0.2, -0.15) is 0 Å². The summed E-state index contributed by atoms with van der Waals surface area (Å²) >= 11 is 0. The van der Waals surface area contributed by atoms with Crippen molar-refractivity contribution in [2.45, 2.75) is 37.6 Å². The topological polar surface area (TPSA) is 53.8 Å². The van der Waals surface area contributed by atoms with Crippen LogP contribution in [0.4, 0.5) is 0 Å². The molecular formula is C21H24N2O3. The molecule has 0 spiro atoms. The Hall–Kier alpha value is -2.56. The van der Waals surface area contributed by atoms with E-state index >= 15 is 0 Å². The second kappa shape index (κ2) is 7.36. The van der Waals surface area contributed by atoms with E-state index in [-0.39, 0.29) is 17.9 Å². The fourth-order valence-electron chi connectivity index (χ4n) is 4.18. The van der Waals surface area contributed by atoms with Crippen molar-refractivity contribution in [1.82, 2.24) is 9.80 Å². The molecule has 1 aromatic carbocycles. The van der Waals surface area contributed by atoms with Crippen LogP contribution in [0.1, 0.15) is 47.7 Å². The number of piperidine rings is 1. The lowest BCUT2D eigenvalue weighted by Gasteiger charge is -2.35. The number of likely N-dealkylation sites (tertiary alicyclic amines) is 2. The Kier molecular flexibility index (Phi) is 4.78. The molecule has 4 rings (SSSR count). The van der Waals surface area contributed by atoms with Crippen molar-refractivity contribution in [2.24, 2.45) is 0 Å². The minimum absolute atomic E-state index is 0.0916. The molecule has 0 bridgehead atoms. The van der Waals surface area contributed by atoms with E-state index < -0.39 is 0 Å². The molecule has 1 aromatic heterocycles. The maximum Gasteiger partial charge on any atom is 0.290 e. The van der Waals surface area contributed by atoms with Crippen LogP contribution < -0.4 is 0 Å². The molecule has 0 aliphatic carbocycles. The molecule has 5 heteroatoms. The highest BCUT2D eigenvalue weighted by Crippen LogP contribution is 2.29. The van der Waals surface area contributed by atoms with E-state index in [1.807, 2.05) is 11.0 Å². The summed E-state index contributed by atoms with van der Waals surface area (Å²) in [5, 5.41) is 0. The van der Waals surface area contributed by atoms with Crippen molar-refractivity contribution in [3.05, 3.63) is 60.1 Å². The lowest BCUT2D eigenvalue weighted by Crippen LogP contribution is -2.49. The summed E-state index contributed by atoms with van der Waals surface area (Å²) in [7, 11) is 0. The van der Waals surface area contributed by atoms with Gasteiger partial charge in [-0.05, 0) is 49.3 Å². The Morgan fingerprint density at radius 3 is 2.38 bits per heavy atom. The molecule has 2 fully saturated rings. The van der Waals surface area contributed by atoms with Gasteiger partial charge < -0.3 is 14.2 Å². The van der Waals surface area contributed by atoms with Gasteiger partial charge in [0.2, 0.25) is 5.91 Å². The fourth-order valence-corrected chi connectivity index (χ4v) is 4.18. The predicted octanol–water partition coefficient (Wildman–Crippen LogP) is 3.29. The molecule has 1 unspecified atom stereocenters. The number of hydrogen-bond donors (Lipinski definition) is 0. The summed E-state index contributed by atoms with van der Waals surface area (Å²) in [5.41, 5.74) is 1.36. The normalized spacial score (nSPS) is 21.2. The molecule has 3 heterocycles. The minimum atomic E-state index is -0.346. The summed E-state index contributed by atoms with van der Waals surface area (Å²) in [4.78, 5) is 29.3. The van der Waals surface area contributed by atoms with Gasteiger partial charge in [-0.3, -0.25) is 9.59 Å². The Bertz CT molecular complexity index is 749. The van der Waals surface area contributed by atoms with E-state index in [1.165, 1.54) is 11.8 Å². The minimum Gasteiger partial charge on any atom is -0.459 e. The monoisotopic (exact) mass is 352 g/mol. The van der Waals surface area contributed by atoms with E-state index in [0.717, 1.165) is 38.8 Å². The first-order chi connectivity index (χ1) is 12.7. The number of rotatable bonds is 3. The molecule has 0 saturated carbocycles. The van der Waals surface area contributed by atoms with Crippen molar-refractivity contribution < 1.29 is 14.0 Å². The Labute approximate surface area is 153 Å². The number of carbonyl (C=O) groups excluding carboxylic acids is 2. The number of nitrogens with zero attached hydrogens (tertiary/aromatic N) is 2. The SMILES string of the molecule is O=C(C1CCCN1C(=O)c1ccco1)N1CCC(c2ccccc2)CC1. The smallest absolute Gasteiger partial charge is 0.290 e. The molecule has 1 atom stereocenters. The van der Waals surface area contributed by atoms with Gasteiger partial charge in [-0.25, -0.2) is 0 Å². The van der Waals surface area contributed by atoms with Crippen molar-refractivity contribution >= 4 is 11.8 Å². The van der Waals surface area contributed by atoms with Crippen LogP contribution >= 0.6 is 0 Å². The van der Waals surface area contributed by atoms with Crippen LogP contribution in [0.5, 0.6) is 0 Å². The summed E-state index contributed by atoms with van der Waals surface area (Å²) in [6.07, 6.45) is 5.06. The molecule has 2 aliphatic heterocycles. The third kappa shape index (κ3) is 3.26. The van der Waals surface area contributed by atoms with Gasteiger partial charge >= 0.3 is 0 Å². The number of furan rings is 1. The highest BCUT2D eigenvalue weighted by Gasteiger charge is 2.38. The third-order valence-electron chi connectivity index (χ3n) is 5.61. The summed E-state index contributed by atoms with van der Waals surface area (Å²) in [6.45, 7) is 2.14. The first kappa shape index (κ1) is 16.9. The number of amides is 2. The zero-order valence-corrected chi connectivity index (χ0v) is 14.8. The van der Waals surface area contributed by atoms with E-state index in [4.69, 9.17) is 4.42 Å². The molecule has 26 heavy (non-hydrogen) atoms. The Morgan fingerprint density at radius 1 is 0.923 bits per heavy atom. The molecule has 0 N–H and O–H groups in total. The summed E-state index contributed by atoms with van der Waals surface area (Å²) in [6, 6.07) is 13.5. The largest absolute Gasteiger partial charge is 0.459 e. The molecule has 2 saturated heterocycles. The first-order valence-electron chi connectivity index (χ1n) is 9.42. The highest BCUT2D eigenvalue weighted by molar-refractivity contribution is 5.96. The maximum atomic E-state index is 13.0. The van der Waals surface area contributed by atoms with Crippen LogP contribution in [0.25, 0.3) is 0 Å². The third-order valence-corrected chi connectivity index (χ3v) is 5.61. The maximum absolute atomic E-state index is 13.0. The predicted molar refractivity (Wildman–Crippen MR) is 97.8 cm³/mol. The quantitative estimate of drug-likeness (QED) is 0.852. The Balaban J connectivity index is 1.39.